The summed E-state index contributed by atoms with van der Waals surface area (Å²) in [4.78, 5) is 17.2. The van der Waals surface area contributed by atoms with E-state index in [1.54, 1.807) is 35.2 Å². The summed E-state index contributed by atoms with van der Waals surface area (Å²) in [6.07, 6.45) is 0. The topological polar surface area (TPSA) is 57.7 Å². The van der Waals surface area contributed by atoms with E-state index in [9.17, 15) is 13.2 Å². The molecule has 3 aromatic carbocycles. The van der Waals surface area contributed by atoms with Crippen LogP contribution >= 0.6 is 0 Å². The normalized spacial score (nSPS) is 14.5. The third kappa shape index (κ3) is 4.54. The Kier molecular flexibility index (Phi) is 5.86. The lowest BCUT2D eigenvalue weighted by atomic mass is 10.1. The summed E-state index contributed by atoms with van der Waals surface area (Å²) >= 11 is 0. The molecule has 1 fully saturated rings. The summed E-state index contributed by atoms with van der Waals surface area (Å²) in [5.41, 5.74) is 2.29. The first kappa shape index (κ1) is 20.2. The van der Waals surface area contributed by atoms with Crippen molar-refractivity contribution in [2.75, 3.05) is 31.1 Å². The van der Waals surface area contributed by atoms with Crippen molar-refractivity contribution in [1.82, 2.24) is 4.90 Å². The minimum atomic E-state index is -3.52. The zero-order chi connectivity index (χ0) is 21.0. The molecule has 6 heteroatoms. The van der Waals surface area contributed by atoms with Crippen molar-refractivity contribution in [2.24, 2.45) is 0 Å². The van der Waals surface area contributed by atoms with Crippen LogP contribution in [0.2, 0.25) is 0 Å². The standard InChI is InChI=1S/C24H24N2O3S/c27-24(26-16-14-25(15-17-26)22-11-5-2-6-12-22)21-10-7-13-23(18-21)30(28,29)19-20-8-3-1-4-9-20/h1-13,18H,14-17,19H2. The van der Waals surface area contributed by atoms with Crippen molar-refractivity contribution in [2.45, 2.75) is 10.6 Å². The van der Waals surface area contributed by atoms with E-state index in [0.717, 1.165) is 24.3 Å². The zero-order valence-electron chi connectivity index (χ0n) is 16.6. The number of nitrogens with zero attached hydrogens (tertiary/aromatic N) is 2. The van der Waals surface area contributed by atoms with Crippen LogP contribution in [0, 0.1) is 0 Å². The summed E-state index contributed by atoms with van der Waals surface area (Å²) in [6, 6.07) is 25.6. The number of carbonyl (C=O) groups excluding carboxylic acids is 1. The fourth-order valence-electron chi connectivity index (χ4n) is 3.69. The van der Waals surface area contributed by atoms with Crippen LogP contribution in [0.5, 0.6) is 0 Å². The smallest absolute Gasteiger partial charge is 0.254 e. The molecule has 1 saturated heterocycles. The first-order chi connectivity index (χ1) is 14.5. The highest BCUT2D eigenvalue weighted by Crippen LogP contribution is 2.20. The third-order valence-electron chi connectivity index (χ3n) is 5.33. The van der Waals surface area contributed by atoms with E-state index in [2.05, 4.69) is 17.0 Å². The number of sulfone groups is 1. The van der Waals surface area contributed by atoms with E-state index in [0.29, 0.717) is 18.7 Å². The molecule has 0 saturated carbocycles. The number of carbonyl (C=O) groups is 1. The van der Waals surface area contributed by atoms with Crippen LogP contribution in [-0.4, -0.2) is 45.4 Å². The minimum absolute atomic E-state index is 0.0821. The Labute approximate surface area is 177 Å². The molecular formula is C24H24N2O3S. The molecule has 4 rings (SSSR count). The quantitative estimate of drug-likeness (QED) is 0.633. The highest BCUT2D eigenvalue weighted by atomic mass is 32.2. The molecule has 0 aromatic heterocycles. The molecule has 0 N–H and O–H groups in total. The average Bonchev–Trinajstić information content (AvgIpc) is 2.80. The fourth-order valence-corrected chi connectivity index (χ4v) is 5.08. The molecule has 0 atom stereocenters. The van der Waals surface area contributed by atoms with E-state index in [1.807, 2.05) is 36.4 Å². The van der Waals surface area contributed by atoms with Crippen molar-refractivity contribution in [1.29, 1.82) is 0 Å². The highest BCUT2D eigenvalue weighted by Gasteiger charge is 2.24. The second-order valence-electron chi connectivity index (χ2n) is 7.39. The van der Waals surface area contributed by atoms with Gasteiger partial charge in [0.15, 0.2) is 9.84 Å². The van der Waals surface area contributed by atoms with E-state index in [-0.39, 0.29) is 16.6 Å². The van der Waals surface area contributed by atoms with Crippen molar-refractivity contribution < 1.29 is 13.2 Å². The van der Waals surface area contributed by atoms with Gasteiger partial charge in [0, 0.05) is 37.4 Å². The molecule has 0 spiro atoms. The lowest BCUT2D eigenvalue weighted by Gasteiger charge is -2.36. The maximum absolute atomic E-state index is 13.0. The van der Waals surface area contributed by atoms with Crippen molar-refractivity contribution in [3.05, 3.63) is 96.1 Å². The average molecular weight is 421 g/mol. The Hall–Kier alpha value is -3.12. The molecule has 1 aliphatic heterocycles. The van der Waals surface area contributed by atoms with Gasteiger partial charge in [0.1, 0.15) is 0 Å². The molecule has 1 aliphatic rings. The second-order valence-corrected chi connectivity index (χ2v) is 9.38. The monoisotopic (exact) mass is 420 g/mol. The van der Waals surface area contributed by atoms with Gasteiger partial charge in [-0.05, 0) is 35.9 Å². The van der Waals surface area contributed by atoms with Gasteiger partial charge < -0.3 is 9.80 Å². The Morgan fingerprint density at radius 2 is 1.40 bits per heavy atom. The van der Waals surface area contributed by atoms with Crippen molar-refractivity contribution >= 4 is 21.4 Å². The van der Waals surface area contributed by atoms with Crippen LogP contribution in [0.3, 0.4) is 0 Å². The van der Waals surface area contributed by atoms with Gasteiger partial charge in [-0.25, -0.2) is 8.42 Å². The molecule has 0 bridgehead atoms. The van der Waals surface area contributed by atoms with E-state index >= 15 is 0 Å². The fraction of sp³-hybridized carbons (Fsp3) is 0.208. The number of para-hydroxylation sites is 1. The van der Waals surface area contributed by atoms with Gasteiger partial charge in [0.05, 0.1) is 10.6 Å². The van der Waals surface area contributed by atoms with Crippen molar-refractivity contribution in [3.8, 4) is 0 Å². The molecular weight excluding hydrogens is 396 g/mol. The Morgan fingerprint density at radius 1 is 0.767 bits per heavy atom. The lowest BCUT2D eigenvalue weighted by Crippen LogP contribution is -2.48. The Bertz CT molecular complexity index is 1110. The molecule has 1 heterocycles. The molecule has 3 aromatic rings. The maximum Gasteiger partial charge on any atom is 0.254 e. The number of amides is 1. The van der Waals surface area contributed by atoms with Crippen molar-refractivity contribution in [3.63, 3.8) is 0 Å². The molecule has 0 unspecified atom stereocenters. The summed E-state index contributed by atoms with van der Waals surface area (Å²) in [6.45, 7) is 2.72. The van der Waals surface area contributed by atoms with Crippen LogP contribution in [0.25, 0.3) is 0 Å². The number of piperazine rings is 1. The molecule has 0 radical (unpaired) electrons. The van der Waals surface area contributed by atoms with Gasteiger partial charge in [0.2, 0.25) is 0 Å². The highest BCUT2D eigenvalue weighted by molar-refractivity contribution is 7.90. The molecule has 30 heavy (non-hydrogen) atoms. The maximum atomic E-state index is 13.0. The Morgan fingerprint density at radius 3 is 2.07 bits per heavy atom. The van der Waals surface area contributed by atoms with Gasteiger partial charge in [-0.2, -0.15) is 0 Å². The number of benzene rings is 3. The van der Waals surface area contributed by atoms with Crippen LogP contribution in [-0.2, 0) is 15.6 Å². The van der Waals surface area contributed by atoms with Crippen LogP contribution < -0.4 is 4.90 Å². The summed E-state index contributed by atoms with van der Waals surface area (Å²) in [5, 5.41) is 0. The Balaban J connectivity index is 1.45. The summed E-state index contributed by atoms with van der Waals surface area (Å²) in [5.74, 6) is -0.208. The predicted octanol–water partition coefficient (Wildman–Crippen LogP) is 3.62. The first-order valence-corrected chi connectivity index (χ1v) is 11.6. The minimum Gasteiger partial charge on any atom is -0.368 e. The molecule has 154 valence electrons. The number of anilines is 1. The van der Waals surface area contributed by atoms with Gasteiger partial charge >= 0.3 is 0 Å². The third-order valence-corrected chi connectivity index (χ3v) is 7.01. The van der Waals surface area contributed by atoms with E-state index in [1.165, 1.54) is 6.07 Å². The largest absolute Gasteiger partial charge is 0.368 e. The summed E-state index contributed by atoms with van der Waals surface area (Å²) < 4.78 is 25.6. The number of rotatable bonds is 5. The van der Waals surface area contributed by atoms with Gasteiger partial charge in [0.25, 0.3) is 5.91 Å². The number of hydrogen-bond acceptors (Lipinski definition) is 4. The van der Waals surface area contributed by atoms with Crippen LogP contribution in [0.4, 0.5) is 5.69 Å². The zero-order valence-corrected chi connectivity index (χ0v) is 17.5. The van der Waals surface area contributed by atoms with E-state index in [4.69, 9.17) is 0 Å². The first-order valence-electron chi connectivity index (χ1n) is 9.99. The molecule has 0 aliphatic carbocycles. The SMILES string of the molecule is O=C(c1cccc(S(=O)(=O)Cc2ccccc2)c1)N1CCN(c2ccccc2)CC1. The van der Waals surface area contributed by atoms with Gasteiger partial charge in [-0.3, -0.25) is 4.79 Å². The summed E-state index contributed by atoms with van der Waals surface area (Å²) in [7, 11) is -3.52. The predicted molar refractivity (Wildman–Crippen MR) is 118 cm³/mol. The van der Waals surface area contributed by atoms with E-state index < -0.39 is 9.84 Å². The van der Waals surface area contributed by atoms with Gasteiger partial charge in [-0.15, -0.1) is 0 Å². The second kappa shape index (κ2) is 8.71. The molecule has 5 nitrogen and oxygen atoms in total. The van der Waals surface area contributed by atoms with Crippen LogP contribution in [0.1, 0.15) is 15.9 Å². The lowest BCUT2D eigenvalue weighted by molar-refractivity contribution is 0.0746. The van der Waals surface area contributed by atoms with Crippen LogP contribution in [0.15, 0.2) is 89.8 Å². The number of hydrogen-bond donors (Lipinski definition) is 0. The molecule has 1 amide bonds. The van der Waals surface area contributed by atoms with Gasteiger partial charge in [-0.1, -0.05) is 54.6 Å².